The Labute approximate surface area is 446 Å². The largest absolute Gasteiger partial charge is 0.453 e. The summed E-state index contributed by atoms with van der Waals surface area (Å²) in [5, 5.41) is 23.5. The van der Waals surface area contributed by atoms with Crippen molar-refractivity contribution in [2.24, 2.45) is 10.8 Å². The summed E-state index contributed by atoms with van der Waals surface area (Å²) in [5.74, 6) is 2.16. The van der Waals surface area contributed by atoms with Crippen molar-refractivity contribution >= 4 is 29.8 Å². The number of methoxy groups -OCH3 is 1. The number of carbonyl (C=O) groups is 4. The molecule has 0 saturated carbocycles. The summed E-state index contributed by atoms with van der Waals surface area (Å²) >= 11 is 0. The highest BCUT2D eigenvalue weighted by Gasteiger charge is 2.56. The van der Waals surface area contributed by atoms with Crippen LogP contribution in [0.5, 0.6) is 0 Å². The SMILES string of the molecule is CNC(=O)O[C@H](C(=O)NN(Cc1c(F)cc(-c2ccn(CC(F)F)n2)cc1F)C[C@H](O)[C@H](Cc1ccc(C#Cc2ccc(N3C[C@H]4C[C@@H]3CN4C3COC3)nc2)cc1)NC(=O)[C@@H](NC(=O)OC)C(C)(C)C(F)(F)F)C(C)(C)C. The molecule has 0 aliphatic carbocycles. The Morgan fingerprint density at radius 2 is 1.55 bits per heavy atom. The zero-order chi connectivity index (χ0) is 56.9. The number of rotatable bonds is 19. The molecule has 3 aliphatic heterocycles. The molecule has 78 heavy (non-hydrogen) atoms. The van der Waals surface area contributed by atoms with Gasteiger partial charge in [-0.2, -0.15) is 18.3 Å². The zero-order valence-electron chi connectivity index (χ0n) is 44.0. The van der Waals surface area contributed by atoms with Crippen LogP contribution in [0, 0.1) is 34.3 Å². The second kappa shape index (κ2) is 24.3. The first kappa shape index (κ1) is 58.7. The van der Waals surface area contributed by atoms with Gasteiger partial charge in [-0.15, -0.1) is 0 Å². The molecule has 3 aliphatic rings. The van der Waals surface area contributed by atoms with Crippen molar-refractivity contribution in [1.29, 1.82) is 0 Å². The molecule has 2 bridgehead atoms. The minimum Gasteiger partial charge on any atom is -0.453 e. The molecule has 4 aromatic rings. The Morgan fingerprint density at radius 3 is 2.10 bits per heavy atom. The topological polar surface area (TPSA) is 205 Å². The van der Waals surface area contributed by atoms with Crippen molar-refractivity contribution < 1.29 is 69.2 Å². The number of carbonyl (C=O) groups excluding carboxylic acids is 4. The van der Waals surface area contributed by atoms with Crippen LogP contribution in [-0.2, 0) is 43.3 Å². The van der Waals surface area contributed by atoms with E-state index in [9.17, 15) is 46.2 Å². The molecule has 2 aromatic heterocycles. The van der Waals surface area contributed by atoms with Crippen LogP contribution in [0.2, 0.25) is 0 Å². The Bertz CT molecular complexity index is 2810. The average Bonchev–Trinajstić information content (AvgIpc) is 4.17. The minimum atomic E-state index is -5.09. The fourth-order valence-corrected chi connectivity index (χ4v) is 9.41. The van der Waals surface area contributed by atoms with Gasteiger partial charge in [-0.3, -0.25) is 24.6 Å². The number of aromatic nitrogens is 3. The van der Waals surface area contributed by atoms with Crippen LogP contribution in [0.3, 0.4) is 0 Å². The second-order valence-electron chi connectivity index (χ2n) is 21.1. The van der Waals surface area contributed by atoms with E-state index in [1.165, 1.54) is 19.3 Å². The molecule has 5 N–H and O–H groups in total. The summed E-state index contributed by atoms with van der Waals surface area (Å²) < 4.78 is 118. The Kier molecular flexibility index (Phi) is 18.3. The third-order valence-corrected chi connectivity index (χ3v) is 14.0. The number of aliphatic hydroxyl groups excluding tert-OH is 1. The first-order chi connectivity index (χ1) is 36.7. The second-order valence-corrected chi connectivity index (χ2v) is 21.1. The van der Waals surface area contributed by atoms with Crippen molar-refractivity contribution in [3.8, 4) is 23.1 Å². The molecule has 0 spiro atoms. The van der Waals surface area contributed by atoms with Gasteiger partial charge >= 0.3 is 18.4 Å². The van der Waals surface area contributed by atoms with E-state index < -0.39 is 109 Å². The summed E-state index contributed by atoms with van der Waals surface area (Å²) in [7, 11) is 2.12. The van der Waals surface area contributed by atoms with Crippen LogP contribution in [0.15, 0.2) is 67.0 Å². The summed E-state index contributed by atoms with van der Waals surface area (Å²) in [5.41, 5.74) is -0.911. The molecule has 18 nitrogen and oxygen atoms in total. The van der Waals surface area contributed by atoms with Crippen LogP contribution in [-0.4, -0.2) is 156 Å². The highest BCUT2D eigenvalue weighted by molar-refractivity contribution is 5.87. The number of nitrogens with one attached hydrogen (secondary N) is 4. The molecular formula is C53H63F7N10O8. The van der Waals surface area contributed by atoms with E-state index in [0.717, 1.165) is 67.5 Å². The maximum Gasteiger partial charge on any atom is 0.407 e. The zero-order valence-corrected chi connectivity index (χ0v) is 44.0. The van der Waals surface area contributed by atoms with Gasteiger partial charge in [0.1, 0.15) is 30.0 Å². The van der Waals surface area contributed by atoms with Crippen molar-refractivity contribution in [3.63, 3.8) is 0 Å². The number of hydrogen-bond donors (Lipinski definition) is 5. The van der Waals surface area contributed by atoms with Gasteiger partial charge in [0.05, 0.1) is 49.6 Å². The van der Waals surface area contributed by atoms with Crippen LogP contribution in [0.1, 0.15) is 63.3 Å². The lowest BCUT2D eigenvalue weighted by Gasteiger charge is -2.42. The van der Waals surface area contributed by atoms with Gasteiger partial charge in [-0.25, -0.2) is 37.1 Å². The Hall–Kier alpha value is -7.01. The van der Waals surface area contributed by atoms with Crippen LogP contribution in [0.25, 0.3) is 11.3 Å². The van der Waals surface area contributed by atoms with Gasteiger partial charge in [-0.1, -0.05) is 44.7 Å². The molecule has 4 amide bonds. The third-order valence-electron chi connectivity index (χ3n) is 14.0. The van der Waals surface area contributed by atoms with E-state index in [0.29, 0.717) is 48.7 Å². The monoisotopic (exact) mass is 1100 g/mol. The van der Waals surface area contributed by atoms with Crippen molar-refractivity contribution in [2.75, 3.05) is 51.9 Å². The number of ether oxygens (including phenoxy) is 3. The van der Waals surface area contributed by atoms with Crippen LogP contribution < -0.4 is 26.3 Å². The number of aliphatic hydroxyl groups is 1. The van der Waals surface area contributed by atoms with E-state index in [2.05, 4.69) is 52.5 Å². The van der Waals surface area contributed by atoms with Crippen molar-refractivity contribution in [2.45, 2.75) is 116 Å². The van der Waals surface area contributed by atoms with Gasteiger partial charge in [-0.05, 0) is 74.7 Å². The van der Waals surface area contributed by atoms with E-state index in [4.69, 9.17) is 9.47 Å². The molecule has 3 saturated heterocycles. The van der Waals surface area contributed by atoms with Crippen molar-refractivity contribution in [1.82, 2.24) is 46.0 Å². The quantitative estimate of drug-likeness (QED) is 0.0445. The molecule has 422 valence electrons. The van der Waals surface area contributed by atoms with E-state index in [1.807, 2.05) is 17.4 Å². The van der Waals surface area contributed by atoms with E-state index >= 15 is 8.78 Å². The molecule has 7 rings (SSSR count). The van der Waals surface area contributed by atoms with Crippen molar-refractivity contribution in [3.05, 3.63) is 101 Å². The molecule has 0 unspecified atom stereocenters. The number of nitrogens with zero attached hydrogens (tertiary/aromatic N) is 6. The number of alkyl carbamates (subject to hydrolysis) is 2. The molecule has 3 fully saturated rings. The predicted octanol–water partition coefficient (Wildman–Crippen LogP) is 5.56. The number of amides is 4. The predicted molar refractivity (Wildman–Crippen MR) is 269 cm³/mol. The summed E-state index contributed by atoms with van der Waals surface area (Å²) in [6, 6.07) is 10.6. The number of piperazine rings is 1. The number of fused-ring (bicyclic) bond motifs is 2. The molecule has 2 aromatic carbocycles. The van der Waals surface area contributed by atoms with Crippen LogP contribution in [0.4, 0.5) is 46.1 Å². The molecular weight excluding hydrogens is 1040 g/mol. The lowest BCUT2D eigenvalue weighted by atomic mass is 9.82. The van der Waals surface area contributed by atoms with E-state index in [-0.39, 0.29) is 17.7 Å². The van der Waals surface area contributed by atoms with E-state index in [1.54, 1.807) is 51.2 Å². The summed E-state index contributed by atoms with van der Waals surface area (Å²) in [6.45, 7) is 6.92. The number of hydrazine groups is 1. The highest BCUT2D eigenvalue weighted by atomic mass is 19.4. The number of hydrogen-bond acceptors (Lipinski definition) is 13. The van der Waals surface area contributed by atoms with Gasteiger partial charge in [0.2, 0.25) is 5.91 Å². The summed E-state index contributed by atoms with van der Waals surface area (Å²) in [4.78, 5) is 62.5. The lowest BCUT2D eigenvalue weighted by Crippen LogP contribution is -2.62. The normalized spacial score (nSPS) is 18.3. The summed E-state index contributed by atoms with van der Waals surface area (Å²) in [6.07, 6.45) is -10.1. The first-order valence-corrected chi connectivity index (χ1v) is 25.0. The number of benzene rings is 2. The fourth-order valence-electron chi connectivity index (χ4n) is 9.41. The van der Waals surface area contributed by atoms with Gasteiger partial charge in [0.25, 0.3) is 12.3 Å². The maximum absolute atomic E-state index is 16.1. The number of likely N-dealkylation sites (tertiary alicyclic amines) is 1. The molecule has 6 atom stereocenters. The fraction of sp³-hybridized carbons (Fsp3) is 0.509. The molecule has 25 heteroatoms. The third kappa shape index (κ3) is 14.2. The lowest BCUT2D eigenvalue weighted by molar-refractivity contribution is -0.220. The van der Waals surface area contributed by atoms with Crippen LogP contribution >= 0.6 is 0 Å². The smallest absolute Gasteiger partial charge is 0.407 e. The highest BCUT2D eigenvalue weighted by Crippen LogP contribution is 2.41. The number of alkyl halides is 5. The first-order valence-electron chi connectivity index (χ1n) is 25.0. The van der Waals surface area contributed by atoms with Gasteiger partial charge in [0, 0.05) is 85.4 Å². The average molecular weight is 1100 g/mol. The number of anilines is 1. The molecule has 5 heterocycles. The number of pyridine rings is 1. The van der Waals surface area contributed by atoms with Gasteiger partial charge < -0.3 is 40.2 Å². The molecule has 0 radical (unpaired) electrons. The Morgan fingerprint density at radius 1 is 0.885 bits per heavy atom. The standard InChI is InChI=1S/C53H63F7N10O8/c1-51(2,3)46(78-49(74)61-6)48(73)66-68(25-37-38(54)19-33(20-39(37)55)40-16-17-67(65-40)27-43(56)57)26-42(71)41(63-47(72)45(64-50(75)76-7)52(4,5)53(58,59)60)18-31-11-8-30(9-12-31)10-13-32-14-15-44(62-22-32)70-24-34-21-35(70)23-69(34)36-28-77-29-36/h8-9,11-12,14-17,19-20,22,34-36,41-43,45-46,71H,18,21,23-29H2,1-7H3,(H,61,74)(H,63,72)(H,64,75)(H,66,73)/t34-,35-,41+,42+,45-,46-/m1/s1. The maximum atomic E-state index is 16.1. The Balaban J connectivity index is 1.16. The minimum absolute atomic E-state index is 0.0499. The number of halogens is 7. The van der Waals surface area contributed by atoms with Gasteiger partial charge in [0.15, 0.2) is 6.10 Å².